The van der Waals surface area contributed by atoms with Gasteiger partial charge < -0.3 is 5.32 Å². The Morgan fingerprint density at radius 2 is 1.74 bits per heavy atom. The van der Waals surface area contributed by atoms with Gasteiger partial charge in [0.25, 0.3) is 5.91 Å². The third kappa shape index (κ3) is 6.26. The molecule has 7 nitrogen and oxygen atoms in total. The normalized spacial score (nSPS) is 16.2. The van der Waals surface area contributed by atoms with Crippen LogP contribution in [0.2, 0.25) is 0 Å². The Hall–Kier alpha value is -3.02. The van der Waals surface area contributed by atoms with Gasteiger partial charge in [0.05, 0.1) is 22.3 Å². The van der Waals surface area contributed by atoms with Crippen molar-refractivity contribution in [2.45, 2.75) is 55.9 Å². The number of hydrogen-bond donors (Lipinski definition) is 2. The maximum Gasteiger partial charge on any atom is 0.272 e. The summed E-state index contributed by atoms with van der Waals surface area (Å²) in [5.74, 6) is -0.0569. The van der Waals surface area contributed by atoms with Crippen molar-refractivity contribution in [1.82, 2.24) is 15.1 Å². The highest BCUT2D eigenvalue weighted by molar-refractivity contribution is 14.1. The summed E-state index contributed by atoms with van der Waals surface area (Å²) in [4.78, 5) is 13.7. The molecule has 1 aromatic heterocycles. The molecule has 1 aliphatic carbocycles. The molecule has 0 bridgehead atoms. The maximum atomic E-state index is 13.7. The lowest BCUT2D eigenvalue weighted by Gasteiger charge is -2.19. The molecule has 0 saturated heterocycles. The van der Waals surface area contributed by atoms with Crippen molar-refractivity contribution in [3.05, 3.63) is 111 Å². The summed E-state index contributed by atoms with van der Waals surface area (Å²) >= 11 is 2.31. The minimum Gasteiger partial charge on any atom is -0.344 e. The van der Waals surface area contributed by atoms with Crippen LogP contribution in [0.1, 0.15) is 71.0 Å². The lowest BCUT2D eigenvalue weighted by molar-refractivity contribution is 0.0933. The van der Waals surface area contributed by atoms with E-state index in [1.165, 1.54) is 21.3 Å². The predicted molar refractivity (Wildman–Crippen MR) is 160 cm³/mol. The third-order valence-electron chi connectivity index (χ3n) is 7.31. The Morgan fingerprint density at radius 3 is 2.41 bits per heavy atom. The number of aromatic nitrogens is 2. The maximum absolute atomic E-state index is 13.7. The quantitative estimate of drug-likeness (QED) is 0.198. The molecule has 5 rings (SSSR count). The molecular formula is C30H31IN4O3S. The second kappa shape index (κ2) is 11.6. The van der Waals surface area contributed by atoms with E-state index in [4.69, 9.17) is 10.2 Å². The number of carbonyl (C=O) groups is 1. The molecule has 1 heterocycles. The van der Waals surface area contributed by atoms with Crippen LogP contribution >= 0.6 is 22.6 Å². The topological polar surface area (TPSA) is 107 Å². The summed E-state index contributed by atoms with van der Waals surface area (Å²) in [6, 6.07) is 24.6. The second-order valence-corrected chi connectivity index (χ2v) is 12.8. The average Bonchev–Trinajstić information content (AvgIpc) is 3.19. The fourth-order valence-electron chi connectivity index (χ4n) is 5.31. The number of carbonyl (C=O) groups excluding carboxylic acids is 1. The Bertz CT molecular complexity index is 1570. The average molecular weight is 655 g/mol. The van der Waals surface area contributed by atoms with Crippen molar-refractivity contribution in [2.75, 3.05) is 0 Å². The van der Waals surface area contributed by atoms with Gasteiger partial charge in [0, 0.05) is 15.1 Å². The lowest BCUT2D eigenvalue weighted by Crippen LogP contribution is -2.28. The van der Waals surface area contributed by atoms with E-state index >= 15 is 0 Å². The van der Waals surface area contributed by atoms with Crippen LogP contribution in [-0.2, 0) is 22.9 Å². The predicted octanol–water partition coefficient (Wildman–Crippen LogP) is 5.67. The van der Waals surface area contributed by atoms with E-state index in [-0.39, 0.29) is 22.8 Å². The fourth-order valence-corrected chi connectivity index (χ4v) is 6.18. The van der Waals surface area contributed by atoms with E-state index < -0.39 is 10.0 Å². The zero-order chi connectivity index (χ0) is 27.6. The number of nitrogens with one attached hydrogen (secondary N) is 1. The number of nitrogens with zero attached hydrogens (tertiary/aromatic N) is 2. The van der Waals surface area contributed by atoms with Crippen LogP contribution in [0, 0.1) is 3.57 Å². The van der Waals surface area contributed by atoms with Crippen LogP contribution in [0.25, 0.3) is 5.69 Å². The Morgan fingerprint density at radius 1 is 1.05 bits per heavy atom. The molecule has 3 aromatic carbocycles. The van der Waals surface area contributed by atoms with Crippen LogP contribution in [0.3, 0.4) is 0 Å². The SMILES string of the molecule is C[C@@H](NC(=O)c1nn(-c2ccc(S(N)(=O)=O)cc2)c2c1CCCCC2Cc1ccc(I)cc1)c1ccccc1. The van der Waals surface area contributed by atoms with Crippen LogP contribution in [-0.4, -0.2) is 24.1 Å². The van der Waals surface area contributed by atoms with Crippen molar-refractivity contribution in [3.63, 3.8) is 0 Å². The molecule has 4 aromatic rings. The van der Waals surface area contributed by atoms with Crippen molar-refractivity contribution in [2.24, 2.45) is 5.14 Å². The molecule has 0 spiro atoms. The molecule has 202 valence electrons. The van der Waals surface area contributed by atoms with Gasteiger partial charge in [-0.25, -0.2) is 18.2 Å². The molecule has 9 heteroatoms. The highest BCUT2D eigenvalue weighted by Crippen LogP contribution is 2.37. The molecule has 3 N–H and O–H groups in total. The van der Waals surface area contributed by atoms with Crippen molar-refractivity contribution in [3.8, 4) is 5.69 Å². The van der Waals surface area contributed by atoms with E-state index in [1.807, 2.05) is 41.9 Å². The molecule has 1 aliphatic rings. The van der Waals surface area contributed by atoms with Crippen molar-refractivity contribution >= 4 is 38.5 Å². The number of hydrogen-bond acceptors (Lipinski definition) is 4. The minimum atomic E-state index is -3.82. The largest absolute Gasteiger partial charge is 0.344 e. The first kappa shape index (κ1) is 27.5. The van der Waals surface area contributed by atoms with Crippen LogP contribution in [0.4, 0.5) is 0 Å². The number of amides is 1. The first-order chi connectivity index (χ1) is 18.7. The van der Waals surface area contributed by atoms with Crippen molar-refractivity contribution < 1.29 is 13.2 Å². The molecule has 1 unspecified atom stereocenters. The van der Waals surface area contributed by atoms with E-state index in [1.54, 1.807) is 12.1 Å². The van der Waals surface area contributed by atoms with Gasteiger partial charge in [-0.1, -0.05) is 48.9 Å². The van der Waals surface area contributed by atoms with E-state index in [9.17, 15) is 13.2 Å². The van der Waals surface area contributed by atoms with Gasteiger partial charge in [-0.3, -0.25) is 4.79 Å². The Kier molecular flexibility index (Phi) is 8.20. The van der Waals surface area contributed by atoms with Gasteiger partial charge in [-0.15, -0.1) is 0 Å². The van der Waals surface area contributed by atoms with Crippen LogP contribution < -0.4 is 10.5 Å². The number of sulfonamides is 1. The third-order valence-corrected chi connectivity index (χ3v) is 8.96. The van der Waals surface area contributed by atoms with Crippen molar-refractivity contribution in [1.29, 1.82) is 0 Å². The number of fused-ring (bicyclic) bond motifs is 1. The van der Waals surface area contributed by atoms with E-state index in [0.29, 0.717) is 11.4 Å². The standard InChI is InChI=1S/C30H31IN4O3S/c1-20(22-7-3-2-4-8-22)33-30(36)28-27-10-6-5-9-23(19-21-11-13-24(31)14-12-21)29(27)35(34-28)25-15-17-26(18-16-25)39(32,37)38/h2-4,7-8,11-18,20,23H,5-6,9-10,19H2,1H3,(H,33,36)(H2,32,37,38)/t20-,23?/m1/s1. The minimum absolute atomic E-state index is 0.0367. The van der Waals surface area contributed by atoms with E-state index in [2.05, 4.69) is 52.2 Å². The highest BCUT2D eigenvalue weighted by Gasteiger charge is 2.31. The Labute approximate surface area is 243 Å². The zero-order valence-corrected chi connectivity index (χ0v) is 24.7. The summed E-state index contributed by atoms with van der Waals surface area (Å²) in [7, 11) is -3.82. The Balaban J connectivity index is 1.58. The lowest BCUT2D eigenvalue weighted by atomic mass is 9.91. The summed E-state index contributed by atoms with van der Waals surface area (Å²) < 4.78 is 26.7. The summed E-state index contributed by atoms with van der Waals surface area (Å²) in [5.41, 5.74) is 5.37. The monoisotopic (exact) mass is 654 g/mol. The molecule has 0 saturated carbocycles. The number of rotatable bonds is 7. The number of nitrogens with two attached hydrogens (primary N) is 1. The number of primary sulfonamides is 1. The molecule has 0 radical (unpaired) electrons. The molecule has 0 aliphatic heterocycles. The number of benzene rings is 3. The van der Waals surface area contributed by atoms with Gasteiger partial charge in [-0.05, 0) is 103 Å². The molecular weight excluding hydrogens is 623 g/mol. The van der Waals surface area contributed by atoms with Gasteiger partial charge in [0.1, 0.15) is 0 Å². The molecule has 0 fully saturated rings. The summed E-state index contributed by atoms with van der Waals surface area (Å²) in [6.45, 7) is 1.97. The van der Waals surface area contributed by atoms with Gasteiger partial charge in [0.15, 0.2) is 5.69 Å². The van der Waals surface area contributed by atoms with Gasteiger partial charge in [0.2, 0.25) is 10.0 Å². The number of halogens is 1. The first-order valence-corrected chi connectivity index (χ1v) is 15.7. The fraction of sp³-hybridized carbons (Fsp3) is 0.267. The van der Waals surface area contributed by atoms with Crippen LogP contribution in [0.15, 0.2) is 83.8 Å². The highest BCUT2D eigenvalue weighted by atomic mass is 127. The van der Waals surface area contributed by atoms with Crippen LogP contribution in [0.5, 0.6) is 0 Å². The van der Waals surface area contributed by atoms with Gasteiger partial charge >= 0.3 is 0 Å². The first-order valence-electron chi connectivity index (χ1n) is 13.1. The second-order valence-electron chi connectivity index (χ2n) is 10.0. The molecule has 39 heavy (non-hydrogen) atoms. The molecule has 2 atom stereocenters. The smallest absolute Gasteiger partial charge is 0.272 e. The van der Waals surface area contributed by atoms with Gasteiger partial charge in [-0.2, -0.15) is 5.10 Å². The molecule has 1 amide bonds. The van der Waals surface area contributed by atoms with E-state index in [0.717, 1.165) is 48.9 Å². The zero-order valence-electron chi connectivity index (χ0n) is 21.7. The summed E-state index contributed by atoms with van der Waals surface area (Å²) in [5, 5.41) is 13.3. The summed E-state index contributed by atoms with van der Waals surface area (Å²) in [6.07, 6.45) is 4.58.